The summed E-state index contributed by atoms with van der Waals surface area (Å²) in [6, 6.07) is 22.1. The van der Waals surface area contributed by atoms with Gasteiger partial charge in [0.25, 0.3) is 0 Å². The van der Waals surface area contributed by atoms with Crippen LogP contribution in [-0.2, 0) is 6.42 Å². The lowest BCUT2D eigenvalue weighted by atomic mass is 10.1. The van der Waals surface area contributed by atoms with Gasteiger partial charge in [-0.05, 0) is 47.7 Å². The first kappa shape index (κ1) is 16.2. The predicted molar refractivity (Wildman–Crippen MR) is 95.9 cm³/mol. The molecule has 1 heterocycles. The SMILES string of the molecule is O[C@@H](CCc1cccnc1)COc1ccc(-c2ccccc2)cc1. The number of aryl methyl sites for hydroxylation is 1. The van der Waals surface area contributed by atoms with E-state index in [9.17, 15) is 5.11 Å². The number of nitrogens with zero attached hydrogens (tertiary/aromatic N) is 1. The summed E-state index contributed by atoms with van der Waals surface area (Å²) >= 11 is 0. The number of hydrogen-bond donors (Lipinski definition) is 1. The second-order valence-electron chi connectivity index (χ2n) is 5.76. The van der Waals surface area contributed by atoms with E-state index in [0.717, 1.165) is 23.3 Å². The largest absolute Gasteiger partial charge is 0.491 e. The summed E-state index contributed by atoms with van der Waals surface area (Å²) in [5.41, 5.74) is 3.46. The summed E-state index contributed by atoms with van der Waals surface area (Å²) in [4.78, 5) is 4.08. The third-order valence-electron chi connectivity index (χ3n) is 3.89. The average molecular weight is 319 g/mol. The fourth-order valence-electron chi connectivity index (χ4n) is 2.53. The number of aliphatic hydroxyl groups is 1. The Morgan fingerprint density at radius 1 is 0.875 bits per heavy atom. The van der Waals surface area contributed by atoms with Crippen LogP contribution in [0.5, 0.6) is 5.75 Å². The fourth-order valence-corrected chi connectivity index (χ4v) is 2.53. The zero-order chi connectivity index (χ0) is 16.6. The second kappa shape index (κ2) is 8.27. The van der Waals surface area contributed by atoms with Crippen LogP contribution in [0, 0.1) is 0 Å². The topological polar surface area (TPSA) is 42.4 Å². The van der Waals surface area contributed by atoms with Gasteiger partial charge in [-0.1, -0.05) is 48.5 Å². The van der Waals surface area contributed by atoms with Gasteiger partial charge in [0.05, 0.1) is 6.10 Å². The van der Waals surface area contributed by atoms with Crippen LogP contribution in [0.15, 0.2) is 79.1 Å². The van der Waals surface area contributed by atoms with Crippen molar-refractivity contribution in [2.24, 2.45) is 0 Å². The molecule has 3 rings (SSSR count). The van der Waals surface area contributed by atoms with Crippen molar-refractivity contribution in [3.8, 4) is 16.9 Å². The molecule has 0 aliphatic carbocycles. The number of ether oxygens (including phenoxy) is 1. The van der Waals surface area contributed by atoms with Crippen molar-refractivity contribution in [3.05, 3.63) is 84.7 Å². The van der Waals surface area contributed by atoms with Crippen LogP contribution < -0.4 is 4.74 Å². The molecule has 0 unspecified atom stereocenters. The Morgan fingerprint density at radius 2 is 1.62 bits per heavy atom. The first-order chi connectivity index (χ1) is 11.8. The molecule has 0 bridgehead atoms. The van der Waals surface area contributed by atoms with Crippen molar-refractivity contribution in [3.63, 3.8) is 0 Å². The quantitative estimate of drug-likeness (QED) is 0.712. The second-order valence-corrected chi connectivity index (χ2v) is 5.76. The third-order valence-corrected chi connectivity index (χ3v) is 3.89. The van der Waals surface area contributed by atoms with Gasteiger partial charge in [0.2, 0.25) is 0 Å². The normalized spacial score (nSPS) is 11.9. The zero-order valence-corrected chi connectivity index (χ0v) is 13.5. The number of benzene rings is 2. The van der Waals surface area contributed by atoms with Crippen molar-refractivity contribution in [2.45, 2.75) is 18.9 Å². The lowest BCUT2D eigenvalue weighted by Crippen LogP contribution is -2.18. The maximum absolute atomic E-state index is 10.1. The van der Waals surface area contributed by atoms with Gasteiger partial charge in [-0.25, -0.2) is 0 Å². The summed E-state index contributed by atoms with van der Waals surface area (Å²) in [5.74, 6) is 0.773. The summed E-state index contributed by atoms with van der Waals surface area (Å²) in [6.45, 7) is 0.297. The molecule has 0 spiro atoms. The Balaban J connectivity index is 1.48. The fraction of sp³-hybridized carbons (Fsp3) is 0.190. The van der Waals surface area contributed by atoms with Crippen LogP contribution in [0.4, 0.5) is 0 Å². The van der Waals surface area contributed by atoms with Crippen molar-refractivity contribution < 1.29 is 9.84 Å². The Bertz CT molecular complexity index is 727. The molecule has 1 aromatic heterocycles. The number of rotatable bonds is 7. The molecule has 0 radical (unpaired) electrons. The van der Waals surface area contributed by atoms with E-state index in [1.807, 2.05) is 60.8 Å². The first-order valence-electron chi connectivity index (χ1n) is 8.16. The van der Waals surface area contributed by atoms with Crippen molar-refractivity contribution >= 4 is 0 Å². The molecule has 3 aromatic rings. The van der Waals surface area contributed by atoms with Gasteiger partial charge in [-0.2, -0.15) is 0 Å². The number of pyridine rings is 1. The zero-order valence-electron chi connectivity index (χ0n) is 13.5. The minimum absolute atomic E-state index is 0.297. The highest BCUT2D eigenvalue weighted by molar-refractivity contribution is 5.63. The number of aliphatic hydroxyl groups excluding tert-OH is 1. The molecule has 0 fully saturated rings. The van der Waals surface area contributed by atoms with E-state index in [1.165, 1.54) is 5.56 Å². The molecule has 1 atom stereocenters. The lowest BCUT2D eigenvalue weighted by Gasteiger charge is -2.12. The van der Waals surface area contributed by atoms with Gasteiger partial charge in [0, 0.05) is 12.4 Å². The highest BCUT2D eigenvalue weighted by Gasteiger charge is 2.06. The molecule has 1 N–H and O–H groups in total. The van der Waals surface area contributed by atoms with E-state index in [4.69, 9.17) is 4.74 Å². The molecular weight excluding hydrogens is 298 g/mol. The Kier molecular flexibility index (Phi) is 5.59. The first-order valence-corrected chi connectivity index (χ1v) is 8.16. The molecule has 3 heteroatoms. The maximum Gasteiger partial charge on any atom is 0.119 e. The average Bonchev–Trinajstić information content (AvgIpc) is 2.67. The maximum atomic E-state index is 10.1. The minimum atomic E-state index is -0.487. The van der Waals surface area contributed by atoms with Crippen molar-refractivity contribution in [2.75, 3.05) is 6.61 Å². The molecule has 0 aliphatic heterocycles. The van der Waals surface area contributed by atoms with E-state index < -0.39 is 6.10 Å². The van der Waals surface area contributed by atoms with Gasteiger partial charge in [0.1, 0.15) is 12.4 Å². The molecule has 24 heavy (non-hydrogen) atoms. The number of hydrogen-bond acceptors (Lipinski definition) is 3. The van der Waals surface area contributed by atoms with Crippen LogP contribution in [0.3, 0.4) is 0 Å². The Morgan fingerprint density at radius 3 is 2.33 bits per heavy atom. The summed E-state index contributed by atoms with van der Waals surface area (Å²) in [5, 5.41) is 10.1. The van der Waals surface area contributed by atoms with Gasteiger partial charge < -0.3 is 9.84 Å². The van der Waals surface area contributed by atoms with E-state index in [0.29, 0.717) is 13.0 Å². The van der Waals surface area contributed by atoms with Crippen LogP contribution in [0.2, 0.25) is 0 Å². The van der Waals surface area contributed by atoms with Gasteiger partial charge in [-0.3, -0.25) is 4.98 Å². The van der Waals surface area contributed by atoms with Crippen LogP contribution in [0.1, 0.15) is 12.0 Å². The van der Waals surface area contributed by atoms with Gasteiger partial charge >= 0.3 is 0 Å². The standard InChI is InChI=1S/C21H21NO2/c23-20(11-8-17-5-4-14-22-15-17)16-24-21-12-9-19(10-13-21)18-6-2-1-3-7-18/h1-7,9-10,12-15,20,23H,8,11,16H2/t20-/m0/s1. The summed E-state index contributed by atoms with van der Waals surface area (Å²) in [6.07, 6.45) is 4.55. The highest BCUT2D eigenvalue weighted by Crippen LogP contribution is 2.22. The molecule has 3 nitrogen and oxygen atoms in total. The third kappa shape index (κ3) is 4.67. The van der Waals surface area contributed by atoms with Crippen molar-refractivity contribution in [1.82, 2.24) is 4.98 Å². The van der Waals surface area contributed by atoms with E-state index in [2.05, 4.69) is 17.1 Å². The number of aromatic nitrogens is 1. The highest BCUT2D eigenvalue weighted by atomic mass is 16.5. The van der Waals surface area contributed by atoms with Crippen molar-refractivity contribution in [1.29, 1.82) is 0 Å². The molecule has 0 aliphatic rings. The van der Waals surface area contributed by atoms with Crippen LogP contribution >= 0.6 is 0 Å². The van der Waals surface area contributed by atoms with E-state index in [1.54, 1.807) is 6.20 Å². The molecule has 0 amide bonds. The molecule has 0 saturated carbocycles. The van der Waals surface area contributed by atoms with Gasteiger partial charge in [0.15, 0.2) is 0 Å². The van der Waals surface area contributed by atoms with Crippen LogP contribution in [-0.4, -0.2) is 22.8 Å². The summed E-state index contributed by atoms with van der Waals surface area (Å²) < 4.78 is 5.68. The lowest BCUT2D eigenvalue weighted by molar-refractivity contribution is 0.100. The van der Waals surface area contributed by atoms with E-state index in [-0.39, 0.29) is 0 Å². The molecule has 122 valence electrons. The predicted octanol–water partition coefficient (Wildman–Crippen LogP) is 4.12. The monoisotopic (exact) mass is 319 g/mol. The molecule has 0 saturated heterocycles. The van der Waals surface area contributed by atoms with E-state index >= 15 is 0 Å². The van der Waals surface area contributed by atoms with Gasteiger partial charge in [-0.15, -0.1) is 0 Å². The smallest absolute Gasteiger partial charge is 0.119 e. The Hall–Kier alpha value is -2.65. The Labute approximate surface area is 142 Å². The summed E-state index contributed by atoms with van der Waals surface area (Å²) in [7, 11) is 0. The molecular formula is C21H21NO2. The van der Waals surface area contributed by atoms with Crippen LogP contribution in [0.25, 0.3) is 11.1 Å². The minimum Gasteiger partial charge on any atom is -0.491 e. The molecule has 2 aromatic carbocycles.